The van der Waals surface area contributed by atoms with Crippen LogP contribution in [-0.4, -0.2) is 71.9 Å². The molecule has 2 aromatic heterocycles. The summed E-state index contributed by atoms with van der Waals surface area (Å²) in [6.07, 6.45) is 4.52. The van der Waals surface area contributed by atoms with Crippen LogP contribution in [0.5, 0.6) is 0 Å². The Hall–Kier alpha value is -3.76. The molecular formula is C26H29N7O3. The standard InChI is InChI=1S/C26H29N7O3/c1-16-15-35-11-10-32(16)24-12-20(21(13-27)25(30-24)29-23-8-9-28-31-23)17-2-4-18(5-3-17)33-14-19-6-7-22(36-19)26(33)34/h2-5,8-9,12-13,16,19,22,27H,6-7,10-11,14-15H2,1H3,(H2,28,29,30,31)/t16-,19?,22?/m1/s1. The van der Waals surface area contributed by atoms with Crippen LogP contribution in [0, 0.1) is 5.41 Å². The predicted molar refractivity (Wildman–Crippen MR) is 137 cm³/mol. The number of H-pyrrole nitrogens is 1. The maximum Gasteiger partial charge on any atom is 0.256 e. The van der Waals surface area contributed by atoms with Gasteiger partial charge in [0.25, 0.3) is 5.91 Å². The molecule has 3 aliphatic rings. The predicted octanol–water partition coefficient (Wildman–Crippen LogP) is 3.33. The number of morpholine rings is 2. The molecule has 10 nitrogen and oxygen atoms in total. The molecule has 10 heteroatoms. The van der Waals surface area contributed by atoms with Crippen molar-refractivity contribution in [3.8, 4) is 11.1 Å². The van der Waals surface area contributed by atoms with Gasteiger partial charge in [0.05, 0.1) is 38.1 Å². The van der Waals surface area contributed by atoms with E-state index < -0.39 is 0 Å². The molecule has 0 saturated carbocycles. The molecule has 2 unspecified atom stereocenters. The second kappa shape index (κ2) is 9.36. The number of anilines is 4. The summed E-state index contributed by atoms with van der Waals surface area (Å²) in [6.45, 7) is 4.72. The molecule has 1 aromatic carbocycles. The fraction of sp³-hybridized carbons (Fsp3) is 0.385. The van der Waals surface area contributed by atoms with E-state index in [-0.39, 0.29) is 24.2 Å². The van der Waals surface area contributed by atoms with Crippen molar-refractivity contribution < 1.29 is 14.3 Å². The zero-order chi connectivity index (χ0) is 24.6. The van der Waals surface area contributed by atoms with E-state index >= 15 is 0 Å². The minimum absolute atomic E-state index is 0.0372. The number of carbonyl (C=O) groups excluding carboxylic acids is 1. The summed E-state index contributed by atoms with van der Waals surface area (Å²) in [4.78, 5) is 21.8. The third-order valence-electron chi connectivity index (χ3n) is 7.13. The topological polar surface area (TPSA) is 119 Å². The van der Waals surface area contributed by atoms with Gasteiger partial charge in [-0.15, -0.1) is 0 Å². The second-order valence-corrected chi connectivity index (χ2v) is 9.47. The van der Waals surface area contributed by atoms with Crippen molar-refractivity contribution in [1.29, 1.82) is 5.41 Å². The summed E-state index contributed by atoms with van der Waals surface area (Å²) in [7, 11) is 0. The highest BCUT2D eigenvalue weighted by Gasteiger charge is 2.40. The quantitative estimate of drug-likeness (QED) is 0.456. The Balaban J connectivity index is 1.38. The van der Waals surface area contributed by atoms with Gasteiger partial charge >= 0.3 is 0 Å². The zero-order valence-electron chi connectivity index (χ0n) is 20.1. The van der Waals surface area contributed by atoms with Crippen LogP contribution in [0.2, 0.25) is 0 Å². The smallest absolute Gasteiger partial charge is 0.256 e. The van der Waals surface area contributed by atoms with E-state index in [9.17, 15) is 4.79 Å². The summed E-state index contributed by atoms with van der Waals surface area (Å²) in [5.41, 5.74) is 3.36. The van der Waals surface area contributed by atoms with Crippen LogP contribution < -0.4 is 15.1 Å². The first-order chi connectivity index (χ1) is 17.6. The normalized spacial score (nSPS) is 23.7. The number of hydrogen-bond donors (Lipinski definition) is 3. The lowest BCUT2D eigenvalue weighted by atomic mass is 9.99. The van der Waals surface area contributed by atoms with Crippen LogP contribution in [0.4, 0.5) is 23.1 Å². The number of benzene rings is 1. The Kier molecular flexibility index (Phi) is 5.90. The Morgan fingerprint density at radius 1 is 1.22 bits per heavy atom. The van der Waals surface area contributed by atoms with Gasteiger partial charge in [-0.1, -0.05) is 12.1 Å². The van der Waals surface area contributed by atoms with Crippen LogP contribution in [-0.2, 0) is 14.3 Å². The van der Waals surface area contributed by atoms with Crippen molar-refractivity contribution in [3.05, 3.63) is 48.2 Å². The van der Waals surface area contributed by atoms with Gasteiger partial charge in [0.1, 0.15) is 23.6 Å². The average Bonchev–Trinajstić information content (AvgIpc) is 3.56. The van der Waals surface area contributed by atoms with Crippen molar-refractivity contribution in [2.45, 2.75) is 38.0 Å². The zero-order valence-corrected chi connectivity index (χ0v) is 20.1. The van der Waals surface area contributed by atoms with Crippen LogP contribution in [0.25, 0.3) is 11.1 Å². The molecule has 1 amide bonds. The molecule has 0 aliphatic carbocycles. The maximum absolute atomic E-state index is 12.8. The van der Waals surface area contributed by atoms with Crippen LogP contribution >= 0.6 is 0 Å². The second-order valence-electron chi connectivity index (χ2n) is 9.47. The highest BCUT2D eigenvalue weighted by molar-refractivity contribution is 5.99. The molecule has 36 heavy (non-hydrogen) atoms. The third kappa shape index (κ3) is 4.12. The minimum Gasteiger partial charge on any atom is -0.377 e. The molecular weight excluding hydrogens is 458 g/mol. The number of aromatic amines is 1. The highest BCUT2D eigenvalue weighted by Crippen LogP contribution is 2.36. The number of fused-ring (bicyclic) bond motifs is 2. The Morgan fingerprint density at radius 2 is 2.08 bits per heavy atom. The van der Waals surface area contributed by atoms with Crippen LogP contribution in [0.15, 0.2) is 42.6 Å². The largest absolute Gasteiger partial charge is 0.377 e. The van der Waals surface area contributed by atoms with E-state index in [1.54, 1.807) is 6.20 Å². The lowest BCUT2D eigenvalue weighted by molar-refractivity contribution is -0.133. The Bertz CT molecular complexity index is 1260. The SMILES string of the molecule is C[C@@H]1COCCN1c1cc(-c2ccc(N3CC4CCC(O4)C3=O)cc2)c(C=N)c(Nc2ccn[nH]2)n1. The summed E-state index contributed by atoms with van der Waals surface area (Å²) in [5, 5.41) is 18.4. The van der Waals surface area contributed by atoms with Gasteiger partial charge in [-0.3, -0.25) is 9.89 Å². The number of carbonyl (C=O) groups is 1. The van der Waals surface area contributed by atoms with Gasteiger partial charge in [-0.25, -0.2) is 4.98 Å². The molecule has 3 fully saturated rings. The van der Waals surface area contributed by atoms with Crippen molar-refractivity contribution in [2.24, 2.45) is 0 Å². The number of nitrogens with one attached hydrogen (secondary N) is 3. The first-order valence-corrected chi connectivity index (χ1v) is 12.3. The number of rotatable bonds is 6. The fourth-order valence-corrected chi connectivity index (χ4v) is 5.23. The van der Waals surface area contributed by atoms with E-state index in [2.05, 4.69) is 27.3 Å². The average molecular weight is 488 g/mol. The van der Waals surface area contributed by atoms with Gasteiger partial charge < -0.3 is 30.0 Å². The first-order valence-electron chi connectivity index (χ1n) is 12.3. The van der Waals surface area contributed by atoms with Gasteiger partial charge in [-0.2, -0.15) is 5.10 Å². The summed E-state index contributed by atoms with van der Waals surface area (Å²) in [5.74, 6) is 2.12. The van der Waals surface area contributed by atoms with E-state index in [4.69, 9.17) is 19.9 Å². The van der Waals surface area contributed by atoms with Crippen molar-refractivity contribution in [1.82, 2.24) is 15.2 Å². The summed E-state index contributed by atoms with van der Waals surface area (Å²) >= 11 is 0. The van der Waals surface area contributed by atoms with Crippen LogP contribution in [0.3, 0.4) is 0 Å². The summed E-state index contributed by atoms with van der Waals surface area (Å²) in [6, 6.07) is 12.0. The molecule has 3 aliphatic heterocycles. The summed E-state index contributed by atoms with van der Waals surface area (Å²) < 4.78 is 11.4. The number of ether oxygens (including phenoxy) is 2. The monoisotopic (exact) mass is 487 g/mol. The van der Waals surface area contributed by atoms with Gasteiger partial charge in [0.2, 0.25) is 0 Å². The maximum atomic E-state index is 12.8. The molecule has 5 heterocycles. The molecule has 3 N–H and O–H groups in total. The van der Waals surface area contributed by atoms with Crippen molar-refractivity contribution >= 4 is 35.3 Å². The van der Waals surface area contributed by atoms with Crippen molar-refractivity contribution in [3.63, 3.8) is 0 Å². The van der Waals surface area contributed by atoms with Crippen molar-refractivity contribution in [2.75, 3.05) is 41.4 Å². The van der Waals surface area contributed by atoms with E-state index in [1.165, 1.54) is 6.21 Å². The third-order valence-corrected chi connectivity index (χ3v) is 7.13. The Morgan fingerprint density at radius 3 is 2.83 bits per heavy atom. The molecule has 6 rings (SSSR count). The highest BCUT2D eigenvalue weighted by atomic mass is 16.5. The molecule has 0 spiro atoms. The van der Waals surface area contributed by atoms with E-state index in [1.807, 2.05) is 41.3 Å². The van der Waals surface area contributed by atoms with Gasteiger partial charge in [-0.05, 0) is 49.1 Å². The lowest BCUT2D eigenvalue weighted by Crippen LogP contribution is -2.47. The molecule has 3 saturated heterocycles. The number of amides is 1. The minimum atomic E-state index is -0.317. The number of hydrogen-bond acceptors (Lipinski definition) is 8. The molecule has 0 radical (unpaired) electrons. The van der Waals surface area contributed by atoms with E-state index in [0.29, 0.717) is 37.0 Å². The molecule has 3 atom stereocenters. The first kappa shape index (κ1) is 22.7. The molecule has 186 valence electrons. The van der Waals surface area contributed by atoms with Crippen LogP contribution in [0.1, 0.15) is 25.3 Å². The van der Waals surface area contributed by atoms with E-state index in [0.717, 1.165) is 42.0 Å². The Labute approximate surface area is 209 Å². The number of nitrogens with zero attached hydrogens (tertiary/aromatic N) is 4. The lowest BCUT2D eigenvalue weighted by Gasteiger charge is -2.35. The van der Waals surface area contributed by atoms with Gasteiger partial charge in [0.15, 0.2) is 0 Å². The molecule has 3 aromatic rings. The molecule has 2 bridgehead atoms. The van der Waals surface area contributed by atoms with Gasteiger partial charge in [0, 0.05) is 30.1 Å². The number of pyridine rings is 1. The number of aromatic nitrogens is 3. The fourth-order valence-electron chi connectivity index (χ4n) is 5.23.